The molecular weight excluding hydrogens is 520 g/mol. The van der Waals surface area contributed by atoms with E-state index in [2.05, 4.69) is 27.2 Å². The SMILES string of the molecule is COc1ccccc1C(CNCc1cc(C(F)(F)F)cc(C(F)(F)F)c1)N1CCN(Cc2ccccc2)CC1. The van der Waals surface area contributed by atoms with Crippen molar-refractivity contribution in [3.8, 4) is 5.75 Å². The fourth-order valence-electron chi connectivity index (χ4n) is 4.93. The van der Waals surface area contributed by atoms with Gasteiger partial charge in [-0.15, -0.1) is 0 Å². The van der Waals surface area contributed by atoms with Crippen LogP contribution in [0.3, 0.4) is 0 Å². The first-order valence-corrected chi connectivity index (χ1v) is 12.7. The summed E-state index contributed by atoms with van der Waals surface area (Å²) in [5.41, 5.74) is -0.573. The maximum atomic E-state index is 13.3. The Hall–Kier alpha value is -3.08. The molecule has 3 aromatic carbocycles. The van der Waals surface area contributed by atoms with Gasteiger partial charge in [-0.1, -0.05) is 48.5 Å². The minimum absolute atomic E-state index is 0.0800. The van der Waals surface area contributed by atoms with Crippen LogP contribution in [0.15, 0.2) is 72.8 Å². The van der Waals surface area contributed by atoms with Gasteiger partial charge in [0.2, 0.25) is 0 Å². The summed E-state index contributed by atoms with van der Waals surface area (Å²) in [5, 5.41) is 3.11. The number of alkyl halides is 6. The highest BCUT2D eigenvalue weighted by Crippen LogP contribution is 2.36. The molecule has 1 aliphatic heterocycles. The number of benzene rings is 3. The number of ether oxygens (including phenoxy) is 1. The van der Waals surface area contributed by atoms with Crippen molar-refractivity contribution in [1.82, 2.24) is 15.1 Å². The Kier molecular flexibility index (Phi) is 9.19. The van der Waals surface area contributed by atoms with Crippen LogP contribution in [0, 0.1) is 0 Å². The average molecular weight is 552 g/mol. The predicted octanol–water partition coefficient (Wildman–Crippen LogP) is 6.38. The van der Waals surface area contributed by atoms with Crippen molar-refractivity contribution >= 4 is 0 Å². The van der Waals surface area contributed by atoms with Crippen LogP contribution in [0.1, 0.15) is 33.9 Å². The Bertz CT molecular complexity index is 1180. The molecule has 1 saturated heterocycles. The van der Waals surface area contributed by atoms with Crippen LogP contribution in [0.25, 0.3) is 0 Å². The van der Waals surface area contributed by atoms with E-state index in [4.69, 9.17) is 4.74 Å². The summed E-state index contributed by atoms with van der Waals surface area (Å²) in [6, 6.07) is 19.2. The van der Waals surface area contributed by atoms with Crippen LogP contribution in [0.4, 0.5) is 26.3 Å². The summed E-state index contributed by atoms with van der Waals surface area (Å²) in [5.74, 6) is 0.675. The van der Waals surface area contributed by atoms with Crippen molar-refractivity contribution in [1.29, 1.82) is 0 Å². The molecule has 0 aliphatic carbocycles. The van der Waals surface area contributed by atoms with Gasteiger partial charge in [0, 0.05) is 51.4 Å². The van der Waals surface area contributed by atoms with Crippen LogP contribution < -0.4 is 10.1 Å². The van der Waals surface area contributed by atoms with Gasteiger partial charge >= 0.3 is 12.4 Å². The largest absolute Gasteiger partial charge is 0.496 e. The third-order valence-corrected chi connectivity index (χ3v) is 6.91. The van der Waals surface area contributed by atoms with Gasteiger partial charge in [-0.05, 0) is 35.4 Å². The van der Waals surface area contributed by atoms with Gasteiger partial charge in [0.15, 0.2) is 0 Å². The van der Waals surface area contributed by atoms with Gasteiger partial charge in [-0.3, -0.25) is 9.80 Å². The van der Waals surface area contributed by atoms with Crippen LogP contribution in [-0.2, 0) is 25.4 Å². The Balaban J connectivity index is 1.49. The van der Waals surface area contributed by atoms with Crippen molar-refractivity contribution in [3.63, 3.8) is 0 Å². The number of nitrogens with one attached hydrogen (secondary N) is 1. The van der Waals surface area contributed by atoms with Gasteiger partial charge < -0.3 is 10.1 Å². The molecule has 0 aromatic heterocycles. The maximum Gasteiger partial charge on any atom is 0.416 e. The van der Waals surface area contributed by atoms with E-state index < -0.39 is 23.5 Å². The number of piperazine rings is 1. The Morgan fingerprint density at radius 2 is 1.36 bits per heavy atom. The molecule has 0 spiro atoms. The zero-order valence-electron chi connectivity index (χ0n) is 21.5. The normalized spacial score (nSPS) is 16.3. The van der Waals surface area contributed by atoms with E-state index in [0.29, 0.717) is 12.3 Å². The molecule has 210 valence electrons. The molecule has 1 fully saturated rings. The zero-order valence-corrected chi connectivity index (χ0v) is 21.5. The maximum absolute atomic E-state index is 13.3. The zero-order chi connectivity index (χ0) is 28.0. The quantitative estimate of drug-likeness (QED) is 0.313. The Morgan fingerprint density at radius 1 is 0.769 bits per heavy atom. The highest BCUT2D eigenvalue weighted by Gasteiger charge is 2.37. The van der Waals surface area contributed by atoms with Crippen molar-refractivity contribution in [3.05, 3.63) is 101 Å². The highest BCUT2D eigenvalue weighted by atomic mass is 19.4. The monoisotopic (exact) mass is 551 g/mol. The van der Waals surface area contributed by atoms with Gasteiger partial charge in [0.25, 0.3) is 0 Å². The van der Waals surface area contributed by atoms with Crippen LogP contribution in [0.2, 0.25) is 0 Å². The highest BCUT2D eigenvalue weighted by molar-refractivity contribution is 5.37. The van der Waals surface area contributed by atoms with Crippen LogP contribution >= 0.6 is 0 Å². The lowest BCUT2D eigenvalue weighted by atomic mass is 10.0. The lowest BCUT2D eigenvalue weighted by Gasteiger charge is -2.40. The molecule has 0 radical (unpaired) electrons. The fraction of sp³-hybridized carbons (Fsp3) is 0.379. The van der Waals surface area contributed by atoms with E-state index in [1.165, 1.54) is 5.56 Å². The molecule has 0 amide bonds. The predicted molar refractivity (Wildman–Crippen MR) is 137 cm³/mol. The molecule has 1 unspecified atom stereocenters. The van der Waals surface area contributed by atoms with Gasteiger partial charge in [-0.2, -0.15) is 26.3 Å². The van der Waals surface area contributed by atoms with Crippen molar-refractivity contribution in [2.75, 3.05) is 39.8 Å². The topological polar surface area (TPSA) is 27.7 Å². The minimum atomic E-state index is -4.88. The third kappa shape index (κ3) is 7.74. The smallest absolute Gasteiger partial charge is 0.416 e. The van der Waals surface area contributed by atoms with Crippen molar-refractivity contribution in [2.24, 2.45) is 0 Å². The Labute approximate surface area is 224 Å². The summed E-state index contributed by atoms with van der Waals surface area (Å²) in [4.78, 5) is 4.64. The first kappa shape index (κ1) is 28.9. The summed E-state index contributed by atoms with van der Waals surface area (Å²) < 4.78 is 85.3. The number of para-hydroxylation sites is 1. The molecule has 4 nitrogen and oxygen atoms in total. The lowest BCUT2D eigenvalue weighted by molar-refractivity contribution is -0.143. The van der Waals surface area contributed by atoms with Gasteiger partial charge in [0.1, 0.15) is 5.75 Å². The van der Waals surface area contributed by atoms with E-state index in [-0.39, 0.29) is 24.2 Å². The number of hydrogen-bond acceptors (Lipinski definition) is 4. The molecule has 1 atom stereocenters. The number of hydrogen-bond donors (Lipinski definition) is 1. The summed E-state index contributed by atoms with van der Waals surface area (Å²) in [7, 11) is 1.57. The van der Waals surface area contributed by atoms with E-state index in [1.807, 2.05) is 42.5 Å². The third-order valence-electron chi connectivity index (χ3n) is 6.91. The molecule has 1 heterocycles. The van der Waals surface area contributed by atoms with E-state index in [0.717, 1.165) is 50.4 Å². The first-order valence-electron chi connectivity index (χ1n) is 12.7. The fourth-order valence-corrected chi connectivity index (χ4v) is 4.93. The van der Waals surface area contributed by atoms with E-state index >= 15 is 0 Å². The molecule has 1 aliphatic rings. The molecule has 4 rings (SSSR count). The lowest BCUT2D eigenvalue weighted by Crippen LogP contribution is -2.49. The molecule has 0 bridgehead atoms. The molecule has 3 aromatic rings. The second-order valence-corrected chi connectivity index (χ2v) is 9.60. The van der Waals surface area contributed by atoms with Crippen LogP contribution in [0.5, 0.6) is 5.75 Å². The molecule has 39 heavy (non-hydrogen) atoms. The first-order chi connectivity index (χ1) is 18.5. The molecule has 0 saturated carbocycles. The number of rotatable bonds is 9. The second kappa shape index (κ2) is 12.4. The molecule has 1 N–H and O–H groups in total. The summed E-state index contributed by atoms with van der Waals surface area (Å²) in [6.07, 6.45) is -9.76. The second-order valence-electron chi connectivity index (χ2n) is 9.60. The molecule has 10 heteroatoms. The number of methoxy groups -OCH3 is 1. The van der Waals surface area contributed by atoms with E-state index in [1.54, 1.807) is 7.11 Å². The number of nitrogens with zero attached hydrogens (tertiary/aromatic N) is 2. The minimum Gasteiger partial charge on any atom is -0.496 e. The molecular formula is C29H31F6N3O. The van der Waals surface area contributed by atoms with Crippen molar-refractivity contribution in [2.45, 2.75) is 31.5 Å². The van der Waals surface area contributed by atoms with Crippen LogP contribution in [-0.4, -0.2) is 49.6 Å². The number of halogens is 6. The van der Waals surface area contributed by atoms with Gasteiger partial charge in [0.05, 0.1) is 24.3 Å². The van der Waals surface area contributed by atoms with Gasteiger partial charge in [-0.25, -0.2) is 0 Å². The van der Waals surface area contributed by atoms with Crippen molar-refractivity contribution < 1.29 is 31.1 Å². The summed E-state index contributed by atoms with van der Waals surface area (Å²) in [6.45, 7) is 4.15. The Morgan fingerprint density at radius 3 is 1.95 bits per heavy atom. The summed E-state index contributed by atoms with van der Waals surface area (Å²) >= 11 is 0. The average Bonchev–Trinajstić information content (AvgIpc) is 2.91. The standard InChI is InChI=1S/C29H31F6N3O/c1-39-27-10-6-5-9-25(27)26(38-13-11-37(12-14-38)20-21-7-3-2-4-8-21)19-36-18-22-15-23(28(30,31)32)17-24(16-22)29(33,34)35/h2-10,15-17,26,36H,11-14,18-20H2,1H3. The van der Waals surface area contributed by atoms with E-state index in [9.17, 15) is 26.3 Å².